The highest BCUT2D eigenvalue weighted by Crippen LogP contribution is 2.57. The van der Waals surface area contributed by atoms with E-state index in [2.05, 4.69) is 36.4 Å². The summed E-state index contributed by atoms with van der Waals surface area (Å²) in [6.45, 7) is 1.04. The number of thiazole rings is 1. The summed E-state index contributed by atoms with van der Waals surface area (Å²) < 4.78 is 73.6. The van der Waals surface area contributed by atoms with Gasteiger partial charge in [-0.1, -0.05) is 43.2 Å². The van der Waals surface area contributed by atoms with E-state index in [0.717, 1.165) is 39.8 Å². The van der Waals surface area contributed by atoms with E-state index in [9.17, 15) is 25.9 Å². The number of fused-ring (bicyclic) bond motifs is 3. The molecule has 37 heavy (non-hydrogen) atoms. The van der Waals surface area contributed by atoms with Gasteiger partial charge in [-0.25, -0.2) is 12.9 Å². The molecule has 2 aliphatic heterocycles. The Hall–Kier alpha value is -0.840. The van der Waals surface area contributed by atoms with Crippen molar-refractivity contribution in [1.82, 2.24) is 4.48 Å². The first kappa shape index (κ1) is 27.7. The third kappa shape index (κ3) is 5.46. The lowest BCUT2D eigenvalue weighted by atomic mass is 10.2. The Morgan fingerprint density at radius 1 is 1.11 bits per heavy atom. The van der Waals surface area contributed by atoms with Crippen LogP contribution in [-0.2, 0) is 26.8 Å². The van der Waals surface area contributed by atoms with Gasteiger partial charge in [-0.15, -0.1) is 0 Å². The normalized spacial score (nSPS) is 22.9. The van der Waals surface area contributed by atoms with Gasteiger partial charge in [-0.2, -0.15) is 13.0 Å². The number of halogens is 2. The lowest BCUT2D eigenvalue weighted by Gasteiger charge is -2.34. The zero-order valence-corrected chi connectivity index (χ0v) is 25.8. The highest BCUT2D eigenvalue weighted by atomic mass is 79.9. The standard InChI is InChI=1S/C23H22Br2N2O6S4/c24-15-5-7-19-17(12-15)26(9-1-2-11-36(28,29)30)21(34-19)14-22-27(10-3-4-23(27)37(31,32)33)18-13-16(25)6-8-20(18)35-22/h5-8,12-14,23H,1-4,9-11H2/p+1. The lowest BCUT2D eigenvalue weighted by molar-refractivity contribution is -0.669. The van der Waals surface area contributed by atoms with Gasteiger partial charge in [0.25, 0.3) is 5.01 Å². The molecule has 2 atom stereocenters. The fourth-order valence-corrected chi connectivity index (χ4v) is 10.3. The van der Waals surface area contributed by atoms with Crippen LogP contribution >= 0.6 is 55.0 Å². The molecule has 14 heteroatoms. The SMILES string of the molecule is O=S(=O)([O-])CCCC[n+]1c(C=C2Sc3ccc(Br)cc3[N+]23CCCC3S(=O)(=O)O)sc2ccc(Br)cc21. The maximum absolute atomic E-state index is 12.6. The van der Waals surface area contributed by atoms with E-state index in [1.807, 2.05) is 42.5 Å². The van der Waals surface area contributed by atoms with Crippen LogP contribution in [0.2, 0.25) is 0 Å². The lowest BCUT2D eigenvalue weighted by Crippen LogP contribution is -2.53. The number of rotatable bonds is 7. The smallest absolute Gasteiger partial charge is 0.320 e. The predicted octanol–water partition coefficient (Wildman–Crippen LogP) is 5.46. The Balaban J connectivity index is 1.64. The molecule has 1 spiro atoms. The molecule has 8 nitrogen and oxygen atoms in total. The number of hydrogen-bond donors (Lipinski definition) is 1. The van der Waals surface area contributed by atoms with Crippen LogP contribution < -0.4 is 9.05 Å². The fourth-order valence-electron chi connectivity index (χ4n) is 5.20. The zero-order chi connectivity index (χ0) is 26.6. The van der Waals surface area contributed by atoms with Gasteiger partial charge in [0.15, 0.2) is 17.3 Å². The van der Waals surface area contributed by atoms with E-state index in [-0.39, 0.29) is 10.9 Å². The molecule has 3 heterocycles. The molecule has 0 bridgehead atoms. The van der Waals surface area contributed by atoms with E-state index in [1.165, 1.54) is 11.8 Å². The van der Waals surface area contributed by atoms with Crippen molar-refractivity contribution in [2.75, 3.05) is 12.3 Å². The third-order valence-electron chi connectivity index (χ3n) is 6.72. The molecule has 1 fully saturated rings. The number of hydrogen-bond acceptors (Lipinski definition) is 7. The van der Waals surface area contributed by atoms with Gasteiger partial charge in [0.1, 0.15) is 4.70 Å². The Kier molecular flexibility index (Phi) is 7.70. The largest absolute Gasteiger partial charge is 0.748 e. The molecule has 0 aliphatic carbocycles. The number of thioether (sulfide) groups is 1. The van der Waals surface area contributed by atoms with Crippen LogP contribution in [0.25, 0.3) is 16.3 Å². The quantitative estimate of drug-likeness (QED) is 0.150. The van der Waals surface area contributed by atoms with Crippen LogP contribution in [0.5, 0.6) is 0 Å². The van der Waals surface area contributed by atoms with E-state index in [4.69, 9.17) is 0 Å². The van der Waals surface area contributed by atoms with Gasteiger partial charge in [0.05, 0.1) is 27.6 Å². The topological polar surface area (TPSA) is 115 Å². The van der Waals surface area contributed by atoms with Crippen molar-refractivity contribution < 1.29 is 30.5 Å². The fraction of sp³-hybridized carbons (Fsp3) is 0.348. The van der Waals surface area contributed by atoms with Crippen molar-refractivity contribution in [2.24, 2.45) is 0 Å². The van der Waals surface area contributed by atoms with Crippen LogP contribution in [0.4, 0.5) is 5.69 Å². The minimum atomic E-state index is -4.34. The molecule has 2 aliphatic rings. The molecule has 5 rings (SSSR count). The number of nitrogens with zero attached hydrogens (tertiary/aromatic N) is 2. The first-order chi connectivity index (χ1) is 17.4. The maximum Gasteiger partial charge on any atom is 0.320 e. The van der Waals surface area contributed by atoms with E-state index < -0.39 is 31.4 Å². The van der Waals surface area contributed by atoms with Crippen molar-refractivity contribution >= 4 is 97.2 Å². The van der Waals surface area contributed by atoms with Crippen molar-refractivity contribution in [1.29, 1.82) is 0 Å². The maximum atomic E-state index is 12.6. The van der Waals surface area contributed by atoms with E-state index >= 15 is 0 Å². The average molecular weight is 712 g/mol. The highest BCUT2D eigenvalue weighted by Gasteiger charge is 2.58. The van der Waals surface area contributed by atoms with Crippen LogP contribution in [0.1, 0.15) is 30.7 Å². The molecule has 2 unspecified atom stereocenters. The van der Waals surface area contributed by atoms with Crippen molar-refractivity contribution in [3.8, 4) is 0 Å². The molecule has 0 saturated carbocycles. The first-order valence-corrected chi connectivity index (χ1v) is 17.8. The van der Waals surface area contributed by atoms with E-state index in [0.29, 0.717) is 32.4 Å². The summed E-state index contributed by atoms with van der Waals surface area (Å²) >= 11 is 10.1. The zero-order valence-electron chi connectivity index (χ0n) is 19.3. The molecule has 1 aromatic heterocycles. The summed E-state index contributed by atoms with van der Waals surface area (Å²) in [6.07, 6.45) is 3.75. The number of aryl methyl sites for hydroxylation is 1. The van der Waals surface area contributed by atoms with Gasteiger partial charge in [-0.05, 0) is 42.4 Å². The third-order valence-corrected chi connectivity index (χ3v) is 12.1. The summed E-state index contributed by atoms with van der Waals surface area (Å²) in [5.41, 5.74) is 1.81. The Bertz CT molecular complexity index is 1640. The average Bonchev–Trinajstić information content (AvgIpc) is 3.47. The second-order valence-corrected chi connectivity index (χ2v) is 16.1. The second-order valence-electron chi connectivity index (χ2n) is 9.07. The van der Waals surface area contributed by atoms with Crippen LogP contribution in [0, 0.1) is 0 Å². The number of unbranched alkanes of at least 4 members (excludes halogenated alkanes) is 1. The molecule has 198 valence electrons. The first-order valence-electron chi connectivity index (χ1n) is 11.5. The summed E-state index contributed by atoms with van der Waals surface area (Å²) in [6, 6.07) is 11.8. The molecule has 1 N–H and O–H groups in total. The van der Waals surface area contributed by atoms with Gasteiger partial charge in [0.2, 0.25) is 10.9 Å². The monoisotopic (exact) mass is 709 g/mol. The van der Waals surface area contributed by atoms with E-state index in [1.54, 1.807) is 11.3 Å². The Morgan fingerprint density at radius 3 is 2.57 bits per heavy atom. The summed E-state index contributed by atoms with van der Waals surface area (Å²) in [4.78, 5) is 0.945. The Morgan fingerprint density at radius 2 is 1.84 bits per heavy atom. The van der Waals surface area contributed by atoms with Crippen molar-refractivity contribution in [3.63, 3.8) is 0 Å². The van der Waals surface area contributed by atoms with Crippen LogP contribution in [0.15, 0.2) is 55.3 Å². The molecule has 0 radical (unpaired) electrons. The highest BCUT2D eigenvalue weighted by molar-refractivity contribution is 9.10. The van der Waals surface area contributed by atoms with Crippen molar-refractivity contribution in [3.05, 3.63) is 55.4 Å². The molecule has 1 saturated heterocycles. The van der Waals surface area contributed by atoms with Crippen LogP contribution in [-0.4, -0.2) is 43.6 Å². The summed E-state index contributed by atoms with van der Waals surface area (Å²) in [5.74, 6) is -0.411. The summed E-state index contributed by atoms with van der Waals surface area (Å²) in [5, 5.41) is 0.696. The number of quaternary nitrogens is 1. The molecular formula is C23H23Br2N2O6S4+. The minimum Gasteiger partial charge on any atom is -0.748 e. The molecular weight excluding hydrogens is 688 g/mol. The molecule has 0 amide bonds. The minimum absolute atomic E-state index is 0.0463. The molecule has 2 aromatic carbocycles. The van der Waals surface area contributed by atoms with Gasteiger partial charge < -0.3 is 4.55 Å². The predicted molar refractivity (Wildman–Crippen MR) is 153 cm³/mol. The van der Waals surface area contributed by atoms with Gasteiger partial charge in [0, 0.05) is 46.1 Å². The second kappa shape index (κ2) is 10.3. The number of aromatic nitrogens is 1. The Labute approximate surface area is 240 Å². The van der Waals surface area contributed by atoms with Crippen LogP contribution in [0.3, 0.4) is 0 Å². The molecule has 3 aromatic rings. The number of benzene rings is 2. The van der Waals surface area contributed by atoms with Crippen molar-refractivity contribution in [2.45, 2.75) is 42.5 Å². The van der Waals surface area contributed by atoms with Gasteiger partial charge >= 0.3 is 10.1 Å². The van der Waals surface area contributed by atoms with Gasteiger partial charge in [-0.3, -0.25) is 4.55 Å². The summed E-state index contributed by atoms with van der Waals surface area (Å²) in [7, 11) is -8.62.